The van der Waals surface area contributed by atoms with E-state index in [0.29, 0.717) is 17.3 Å². The van der Waals surface area contributed by atoms with Crippen LogP contribution in [0.15, 0.2) is 29.4 Å². The maximum Gasteiger partial charge on any atom is 0.195 e. The lowest BCUT2D eigenvalue weighted by Gasteiger charge is -2.20. The molecule has 0 aliphatic heterocycles. The minimum absolute atomic E-state index is 0.0582. The summed E-state index contributed by atoms with van der Waals surface area (Å²) in [5.41, 5.74) is 0.814. The molecule has 116 valence electrons. The highest BCUT2D eigenvalue weighted by atomic mass is 32.2. The molecule has 0 amide bonds. The predicted molar refractivity (Wildman–Crippen MR) is 84.4 cm³/mol. The number of halogens is 1. The molecule has 1 atom stereocenters. The molecule has 0 unspecified atom stereocenters. The van der Waals surface area contributed by atoms with E-state index < -0.39 is 0 Å². The van der Waals surface area contributed by atoms with Gasteiger partial charge in [-0.2, -0.15) is 5.26 Å². The van der Waals surface area contributed by atoms with Gasteiger partial charge in [-0.3, -0.25) is 9.47 Å². The van der Waals surface area contributed by atoms with Crippen molar-refractivity contribution >= 4 is 11.8 Å². The second-order valence-electron chi connectivity index (χ2n) is 5.05. The summed E-state index contributed by atoms with van der Waals surface area (Å²) >= 11 is 1.48. The number of aromatic nitrogens is 3. The van der Waals surface area contributed by atoms with Gasteiger partial charge < -0.3 is 0 Å². The number of thioether (sulfide) groups is 1. The number of benzene rings is 1. The normalized spacial score (nSPS) is 12.4. The lowest BCUT2D eigenvalue weighted by atomic mass is 10.2. The van der Waals surface area contributed by atoms with Crippen LogP contribution in [0.1, 0.15) is 25.2 Å². The Morgan fingerprint density at radius 1 is 1.32 bits per heavy atom. The van der Waals surface area contributed by atoms with Crippen LogP contribution >= 0.6 is 11.8 Å². The van der Waals surface area contributed by atoms with Gasteiger partial charge in [-0.15, -0.1) is 10.2 Å². The van der Waals surface area contributed by atoms with Gasteiger partial charge in [0, 0.05) is 17.9 Å². The molecule has 22 heavy (non-hydrogen) atoms. The third-order valence-electron chi connectivity index (χ3n) is 3.34. The Morgan fingerprint density at radius 2 is 2.00 bits per heavy atom. The largest absolute Gasteiger partial charge is 0.300 e. The van der Waals surface area contributed by atoms with Crippen LogP contribution in [0.3, 0.4) is 0 Å². The van der Waals surface area contributed by atoms with Crippen LogP contribution in [0.2, 0.25) is 0 Å². The molecule has 1 aromatic heterocycles. The molecule has 0 bridgehead atoms. The molecular formula is C15H18FN5S. The van der Waals surface area contributed by atoms with E-state index in [-0.39, 0.29) is 11.9 Å². The second kappa shape index (κ2) is 7.38. The summed E-state index contributed by atoms with van der Waals surface area (Å²) < 4.78 is 15.1. The van der Waals surface area contributed by atoms with E-state index in [9.17, 15) is 4.39 Å². The molecule has 0 radical (unpaired) electrons. The molecule has 0 fully saturated rings. The van der Waals surface area contributed by atoms with E-state index in [0.717, 1.165) is 11.5 Å². The van der Waals surface area contributed by atoms with Gasteiger partial charge in [0.05, 0.1) is 12.1 Å². The van der Waals surface area contributed by atoms with Gasteiger partial charge in [-0.05, 0) is 45.3 Å². The quantitative estimate of drug-likeness (QED) is 0.605. The highest BCUT2D eigenvalue weighted by Gasteiger charge is 2.20. The fourth-order valence-electron chi connectivity index (χ4n) is 1.90. The molecule has 0 aliphatic rings. The number of rotatable bonds is 6. The number of hydrogen-bond acceptors (Lipinski definition) is 5. The van der Waals surface area contributed by atoms with Crippen LogP contribution in [-0.2, 0) is 0 Å². The predicted octanol–water partition coefficient (Wildman–Crippen LogP) is 3.03. The minimum Gasteiger partial charge on any atom is -0.300 e. The van der Waals surface area contributed by atoms with Gasteiger partial charge in [-0.1, -0.05) is 11.8 Å². The fraction of sp³-hybridized carbons (Fsp3) is 0.400. The van der Waals surface area contributed by atoms with E-state index in [2.05, 4.69) is 16.3 Å². The Morgan fingerprint density at radius 3 is 2.59 bits per heavy atom. The van der Waals surface area contributed by atoms with E-state index in [4.69, 9.17) is 5.26 Å². The van der Waals surface area contributed by atoms with Crippen LogP contribution in [0, 0.1) is 17.1 Å². The van der Waals surface area contributed by atoms with Crippen molar-refractivity contribution in [2.75, 3.05) is 19.8 Å². The van der Waals surface area contributed by atoms with Gasteiger partial charge in [0.15, 0.2) is 11.0 Å². The van der Waals surface area contributed by atoms with Crippen molar-refractivity contribution in [1.29, 1.82) is 5.26 Å². The first-order valence-electron chi connectivity index (χ1n) is 6.92. The first-order chi connectivity index (χ1) is 10.5. The Hall–Kier alpha value is -1.91. The summed E-state index contributed by atoms with van der Waals surface area (Å²) in [4.78, 5) is 2.04. The van der Waals surface area contributed by atoms with Crippen LogP contribution in [-0.4, -0.2) is 39.5 Å². The Bertz CT molecular complexity index is 660. The molecule has 7 heteroatoms. The van der Waals surface area contributed by atoms with Crippen molar-refractivity contribution in [3.05, 3.63) is 35.9 Å². The van der Waals surface area contributed by atoms with Crippen LogP contribution in [0.4, 0.5) is 4.39 Å². The third-order valence-corrected chi connectivity index (χ3v) is 4.27. The number of hydrogen-bond donors (Lipinski definition) is 0. The maximum absolute atomic E-state index is 13.2. The van der Waals surface area contributed by atoms with Crippen molar-refractivity contribution in [3.8, 4) is 11.8 Å². The molecule has 2 rings (SSSR count). The molecule has 1 heterocycles. The van der Waals surface area contributed by atoms with Gasteiger partial charge in [0.25, 0.3) is 0 Å². The minimum atomic E-state index is -0.280. The molecule has 0 saturated heterocycles. The smallest absolute Gasteiger partial charge is 0.195 e. The summed E-state index contributed by atoms with van der Waals surface area (Å²) in [6.07, 6.45) is 0.444. The average molecular weight is 319 g/mol. The van der Waals surface area contributed by atoms with Crippen LogP contribution < -0.4 is 0 Å². The number of nitrogens with zero attached hydrogens (tertiary/aromatic N) is 5. The maximum atomic E-state index is 13.2. The first-order valence-corrected chi connectivity index (χ1v) is 7.90. The van der Waals surface area contributed by atoms with Crippen molar-refractivity contribution in [3.63, 3.8) is 0 Å². The summed E-state index contributed by atoms with van der Waals surface area (Å²) in [7, 11) is 3.94. The first kappa shape index (κ1) is 16.5. The fourth-order valence-corrected chi connectivity index (χ4v) is 2.70. The lowest BCUT2D eigenvalue weighted by Crippen LogP contribution is -2.20. The second-order valence-corrected chi connectivity index (χ2v) is 6.11. The summed E-state index contributed by atoms with van der Waals surface area (Å²) in [5, 5.41) is 17.9. The summed E-state index contributed by atoms with van der Waals surface area (Å²) in [6, 6.07) is 8.43. The molecule has 0 saturated carbocycles. The molecule has 0 aliphatic carbocycles. The van der Waals surface area contributed by atoms with E-state index in [1.807, 2.05) is 30.5 Å². The Balaban J connectivity index is 2.43. The molecule has 2 aromatic rings. The lowest BCUT2D eigenvalue weighted by molar-refractivity contribution is 0.305. The van der Waals surface area contributed by atoms with Gasteiger partial charge in [0.1, 0.15) is 5.82 Å². The van der Waals surface area contributed by atoms with Crippen molar-refractivity contribution in [2.45, 2.75) is 24.5 Å². The van der Waals surface area contributed by atoms with Crippen molar-refractivity contribution in [2.24, 2.45) is 0 Å². The zero-order valence-corrected chi connectivity index (χ0v) is 13.6. The number of nitriles is 1. The SMILES string of the molecule is C[C@@H](c1nnc(SCCC#N)n1-c1ccc(F)cc1)N(C)C. The Kier molecular flexibility index (Phi) is 5.52. The van der Waals surface area contributed by atoms with Crippen molar-refractivity contribution in [1.82, 2.24) is 19.7 Å². The zero-order chi connectivity index (χ0) is 16.1. The highest BCUT2D eigenvalue weighted by Crippen LogP contribution is 2.27. The van der Waals surface area contributed by atoms with E-state index in [1.165, 1.54) is 23.9 Å². The van der Waals surface area contributed by atoms with Crippen LogP contribution in [0.5, 0.6) is 0 Å². The standard InChI is InChI=1S/C15H18FN5S/c1-11(20(2)3)14-18-19-15(22-10-4-9-17)21(14)13-7-5-12(16)6-8-13/h5-8,11H,4,10H2,1-3H3/t11-/m0/s1. The third kappa shape index (κ3) is 3.64. The van der Waals surface area contributed by atoms with E-state index >= 15 is 0 Å². The van der Waals surface area contributed by atoms with Gasteiger partial charge >= 0.3 is 0 Å². The molecule has 1 aromatic carbocycles. The van der Waals surface area contributed by atoms with Gasteiger partial charge in [0.2, 0.25) is 0 Å². The summed E-state index contributed by atoms with van der Waals surface area (Å²) in [6.45, 7) is 2.04. The molecule has 0 spiro atoms. The molecular weight excluding hydrogens is 301 g/mol. The van der Waals surface area contributed by atoms with E-state index in [1.54, 1.807) is 12.1 Å². The molecule has 0 N–H and O–H groups in total. The Labute approximate surface area is 133 Å². The summed E-state index contributed by atoms with van der Waals surface area (Å²) in [5.74, 6) is 1.15. The zero-order valence-electron chi connectivity index (χ0n) is 12.8. The average Bonchev–Trinajstić information content (AvgIpc) is 2.91. The topological polar surface area (TPSA) is 57.7 Å². The molecule has 5 nitrogen and oxygen atoms in total. The van der Waals surface area contributed by atoms with Gasteiger partial charge in [-0.25, -0.2) is 4.39 Å². The monoisotopic (exact) mass is 319 g/mol. The van der Waals surface area contributed by atoms with Crippen LogP contribution in [0.25, 0.3) is 5.69 Å². The highest BCUT2D eigenvalue weighted by molar-refractivity contribution is 7.99. The van der Waals surface area contributed by atoms with Crippen molar-refractivity contribution < 1.29 is 4.39 Å².